The van der Waals surface area contributed by atoms with Crippen molar-refractivity contribution in [3.8, 4) is 0 Å². The molecular formula is C13H19ClN2O3. The van der Waals surface area contributed by atoms with Crippen LogP contribution in [0.25, 0.3) is 0 Å². The number of carboxylic acids is 1. The summed E-state index contributed by atoms with van der Waals surface area (Å²) < 4.78 is 1.78. The average Bonchev–Trinajstić information content (AvgIpc) is 2.71. The minimum absolute atomic E-state index is 0.125. The quantitative estimate of drug-likeness (QED) is 0.808. The van der Waals surface area contributed by atoms with E-state index in [9.17, 15) is 9.59 Å². The Morgan fingerprint density at radius 3 is 2.68 bits per heavy atom. The van der Waals surface area contributed by atoms with Crippen molar-refractivity contribution in [2.75, 3.05) is 6.54 Å². The molecule has 1 rings (SSSR count). The van der Waals surface area contributed by atoms with Gasteiger partial charge in [-0.15, -0.1) is 0 Å². The van der Waals surface area contributed by atoms with Crippen LogP contribution in [0.5, 0.6) is 0 Å². The molecule has 0 aliphatic heterocycles. The number of rotatable bonds is 7. The minimum atomic E-state index is -0.898. The first-order valence-corrected chi connectivity index (χ1v) is 6.74. The van der Waals surface area contributed by atoms with Gasteiger partial charge in [0.15, 0.2) is 0 Å². The van der Waals surface area contributed by atoms with Crippen LogP contribution in [0.1, 0.15) is 37.2 Å². The Morgan fingerprint density at radius 1 is 1.47 bits per heavy atom. The molecule has 1 aromatic rings. The highest BCUT2D eigenvalue weighted by Crippen LogP contribution is 2.15. The molecule has 0 aromatic carbocycles. The number of carboxylic acid groups (broad SMARTS) is 1. The standard InChI is InChI=1S/C13H19ClN2O3/c1-3-5-16-8-10(14)6-11(16)12(17)15-7-9(4-2)13(18)19/h6,8-9H,3-5,7H2,1-2H3,(H,15,17)(H,18,19). The van der Waals surface area contributed by atoms with Gasteiger partial charge in [-0.25, -0.2) is 0 Å². The van der Waals surface area contributed by atoms with Gasteiger partial charge in [0.05, 0.1) is 10.9 Å². The van der Waals surface area contributed by atoms with Crippen LogP contribution in [-0.2, 0) is 11.3 Å². The highest BCUT2D eigenvalue weighted by Gasteiger charge is 2.18. The first-order valence-electron chi connectivity index (χ1n) is 6.36. The Balaban J connectivity index is 2.70. The topological polar surface area (TPSA) is 71.3 Å². The summed E-state index contributed by atoms with van der Waals surface area (Å²) >= 11 is 5.89. The molecule has 0 spiro atoms. The Labute approximate surface area is 117 Å². The van der Waals surface area contributed by atoms with E-state index in [2.05, 4.69) is 5.32 Å². The number of nitrogens with one attached hydrogen (secondary N) is 1. The monoisotopic (exact) mass is 286 g/mol. The number of nitrogens with zero attached hydrogens (tertiary/aromatic N) is 1. The van der Waals surface area contributed by atoms with Gasteiger partial charge in [0.25, 0.3) is 5.91 Å². The second-order valence-electron chi connectivity index (χ2n) is 4.39. The van der Waals surface area contributed by atoms with E-state index in [1.807, 2.05) is 6.92 Å². The van der Waals surface area contributed by atoms with Crippen LogP contribution in [0.4, 0.5) is 0 Å². The molecule has 5 nitrogen and oxygen atoms in total. The van der Waals surface area contributed by atoms with E-state index < -0.39 is 11.9 Å². The fourth-order valence-electron chi connectivity index (χ4n) is 1.80. The molecule has 106 valence electrons. The molecule has 1 aromatic heterocycles. The third kappa shape index (κ3) is 4.28. The first kappa shape index (κ1) is 15.6. The number of aliphatic carboxylic acids is 1. The van der Waals surface area contributed by atoms with Crippen molar-refractivity contribution in [3.63, 3.8) is 0 Å². The van der Waals surface area contributed by atoms with Crippen LogP contribution >= 0.6 is 11.6 Å². The van der Waals surface area contributed by atoms with Gasteiger partial charge in [-0.2, -0.15) is 0 Å². The van der Waals surface area contributed by atoms with Gasteiger partial charge in [0, 0.05) is 19.3 Å². The second kappa shape index (κ2) is 7.19. The zero-order valence-electron chi connectivity index (χ0n) is 11.1. The molecule has 6 heteroatoms. The summed E-state index contributed by atoms with van der Waals surface area (Å²) in [4.78, 5) is 22.9. The van der Waals surface area contributed by atoms with Gasteiger partial charge >= 0.3 is 5.97 Å². The Morgan fingerprint density at radius 2 is 2.16 bits per heavy atom. The van der Waals surface area contributed by atoms with Crippen LogP contribution in [-0.4, -0.2) is 28.1 Å². The van der Waals surface area contributed by atoms with E-state index in [4.69, 9.17) is 16.7 Å². The van der Waals surface area contributed by atoms with Crippen molar-refractivity contribution in [3.05, 3.63) is 23.0 Å². The lowest BCUT2D eigenvalue weighted by Gasteiger charge is -2.12. The number of hydrogen-bond acceptors (Lipinski definition) is 2. The van der Waals surface area contributed by atoms with E-state index in [1.165, 1.54) is 0 Å². The number of carbonyl (C=O) groups is 2. The average molecular weight is 287 g/mol. The van der Waals surface area contributed by atoms with Gasteiger partial charge in [-0.1, -0.05) is 25.4 Å². The van der Waals surface area contributed by atoms with Crippen molar-refractivity contribution in [2.45, 2.75) is 33.2 Å². The van der Waals surface area contributed by atoms with Crippen LogP contribution in [0, 0.1) is 5.92 Å². The van der Waals surface area contributed by atoms with E-state index in [0.717, 1.165) is 6.42 Å². The zero-order chi connectivity index (χ0) is 14.4. The normalized spacial score (nSPS) is 12.2. The molecule has 1 heterocycles. The molecule has 19 heavy (non-hydrogen) atoms. The van der Waals surface area contributed by atoms with Gasteiger partial charge in [0.2, 0.25) is 0 Å². The summed E-state index contributed by atoms with van der Waals surface area (Å²) in [6.45, 7) is 4.61. The molecule has 1 atom stereocenters. The Hall–Kier alpha value is -1.49. The lowest BCUT2D eigenvalue weighted by molar-refractivity contribution is -0.141. The maximum atomic E-state index is 12.0. The maximum absolute atomic E-state index is 12.0. The minimum Gasteiger partial charge on any atom is -0.481 e. The van der Waals surface area contributed by atoms with Crippen molar-refractivity contribution in [1.82, 2.24) is 9.88 Å². The number of halogens is 1. The Kier molecular flexibility index (Phi) is 5.89. The number of amides is 1. The third-order valence-electron chi connectivity index (χ3n) is 2.91. The predicted molar refractivity (Wildman–Crippen MR) is 73.5 cm³/mol. The molecule has 1 unspecified atom stereocenters. The molecular weight excluding hydrogens is 268 g/mol. The van der Waals surface area contributed by atoms with E-state index in [0.29, 0.717) is 23.7 Å². The van der Waals surface area contributed by atoms with E-state index in [1.54, 1.807) is 23.8 Å². The summed E-state index contributed by atoms with van der Waals surface area (Å²) in [5, 5.41) is 12.1. The molecule has 0 saturated heterocycles. The van der Waals surface area contributed by atoms with Gasteiger partial charge in [0.1, 0.15) is 5.69 Å². The van der Waals surface area contributed by atoms with Crippen LogP contribution in [0.15, 0.2) is 12.3 Å². The third-order valence-corrected chi connectivity index (χ3v) is 3.12. The predicted octanol–water partition coefficient (Wildman–Crippen LogP) is 2.39. The summed E-state index contributed by atoms with van der Waals surface area (Å²) in [5.74, 6) is -1.75. The van der Waals surface area contributed by atoms with Gasteiger partial charge < -0.3 is 15.0 Å². The SMILES string of the molecule is CCCn1cc(Cl)cc1C(=O)NCC(CC)C(=O)O. The summed E-state index contributed by atoms with van der Waals surface area (Å²) in [6, 6.07) is 1.59. The molecule has 2 N–H and O–H groups in total. The maximum Gasteiger partial charge on any atom is 0.308 e. The highest BCUT2D eigenvalue weighted by atomic mass is 35.5. The number of carbonyl (C=O) groups excluding carboxylic acids is 1. The molecule has 0 fully saturated rings. The van der Waals surface area contributed by atoms with Crippen LogP contribution < -0.4 is 5.32 Å². The second-order valence-corrected chi connectivity index (χ2v) is 4.83. The number of aryl methyl sites for hydroxylation is 1. The highest BCUT2D eigenvalue weighted by molar-refractivity contribution is 6.31. The van der Waals surface area contributed by atoms with Gasteiger partial charge in [-0.05, 0) is 18.9 Å². The fourth-order valence-corrected chi connectivity index (χ4v) is 2.02. The van der Waals surface area contributed by atoms with Crippen molar-refractivity contribution in [2.24, 2.45) is 5.92 Å². The van der Waals surface area contributed by atoms with E-state index >= 15 is 0 Å². The van der Waals surface area contributed by atoms with Crippen LogP contribution in [0.3, 0.4) is 0 Å². The van der Waals surface area contributed by atoms with Crippen molar-refractivity contribution >= 4 is 23.5 Å². The lowest BCUT2D eigenvalue weighted by Crippen LogP contribution is -2.33. The molecule has 0 aliphatic rings. The van der Waals surface area contributed by atoms with E-state index in [-0.39, 0.29) is 12.5 Å². The summed E-state index contributed by atoms with van der Waals surface area (Å²) in [5.41, 5.74) is 0.465. The largest absolute Gasteiger partial charge is 0.481 e. The lowest BCUT2D eigenvalue weighted by atomic mass is 10.1. The van der Waals surface area contributed by atoms with Crippen LogP contribution in [0.2, 0.25) is 5.02 Å². The molecule has 1 amide bonds. The molecule has 0 radical (unpaired) electrons. The smallest absolute Gasteiger partial charge is 0.308 e. The summed E-state index contributed by atoms with van der Waals surface area (Å²) in [6.07, 6.45) is 3.07. The Bertz CT molecular complexity index is 457. The molecule has 0 saturated carbocycles. The molecule has 0 aliphatic carbocycles. The fraction of sp³-hybridized carbons (Fsp3) is 0.538. The number of hydrogen-bond donors (Lipinski definition) is 2. The van der Waals surface area contributed by atoms with Crippen molar-refractivity contribution < 1.29 is 14.7 Å². The zero-order valence-corrected chi connectivity index (χ0v) is 11.9. The van der Waals surface area contributed by atoms with Gasteiger partial charge in [-0.3, -0.25) is 9.59 Å². The number of aromatic nitrogens is 1. The molecule has 0 bridgehead atoms. The van der Waals surface area contributed by atoms with Crippen molar-refractivity contribution in [1.29, 1.82) is 0 Å². The first-order chi connectivity index (χ1) is 8.99. The summed E-state index contributed by atoms with van der Waals surface area (Å²) in [7, 11) is 0.